The molecule has 2 nitrogen and oxygen atoms in total. The minimum absolute atomic E-state index is 0.468. The molecule has 13 aromatic carbocycles. The molecule has 0 aliphatic heterocycles. The predicted octanol–water partition coefficient (Wildman–Crippen LogP) is 21.7. The summed E-state index contributed by atoms with van der Waals surface area (Å²) >= 11 is 0. The van der Waals surface area contributed by atoms with Crippen LogP contribution in [-0.2, 0) is 10.8 Å². The van der Waals surface area contributed by atoms with E-state index in [1.165, 1.54) is 127 Å². The highest BCUT2D eigenvalue weighted by Gasteiger charge is 2.52. The highest BCUT2D eigenvalue weighted by atomic mass is 15.1. The van der Waals surface area contributed by atoms with Crippen molar-refractivity contribution < 1.29 is 0 Å². The number of hydrogen-bond acceptors (Lipinski definition) is 1. The molecule has 402 valence electrons. The summed E-state index contributed by atoms with van der Waals surface area (Å²) in [5.41, 5.74) is 29.1. The molecule has 86 heavy (non-hydrogen) atoms. The quantitative estimate of drug-likeness (QED) is 0.147. The average molecular weight is 1090 g/mol. The highest BCUT2D eigenvalue weighted by molar-refractivity contribution is 6.11. The molecule has 0 fully saturated rings. The van der Waals surface area contributed by atoms with Gasteiger partial charge < -0.3 is 9.47 Å². The fourth-order valence-electron chi connectivity index (χ4n) is 15.9. The van der Waals surface area contributed by atoms with E-state index >= 15 is 0 Å². The van der Waals surface area contributed by atoms with E-state index in [0.717, 1.165) is 41.2 Å². The zero-order valence-corrected chi connectivity index (χ0v) is 47.3. The fraction of sp³-hybridized carbons (Fsp3) is 0.0476. The van der Waals surface area contributed by atoms with Gasteiger partial charge in [0.25, 0.3) is 0 Å². The van der Waals surface area contributed by atoms with Crippen LogP contribution in [0, 0.1) is 0 Å². The maximum atomic E-state index is 2.53. The van der Waals surface area contributed by atoms with Crippen LogP contribution < -0.4 is 4.90 Å². The van der Waals surface area contributed by atoms with Gasteiger partial charge in [0.15, 0.2) is 0 Å². The highest BCUT2D eigenvalue weighted by Crippen LogP contribution is 2.64. The van der Waals surface area contributed by atoms with Crippen LogP contribution in [0.4, 0.5) is 17.1 Å². The fourth-order valence-corrected chi connectivity index (χ4v) is 15.9. The van der Waals surface area contributed by atoms with Crippen molar-refractivity contribution in [3.8, 4) is 61.3 Å². The van der Waals surface area contributed by atoms with Gasteiger partial charge in [-0.25, -0.2) is 0 Å². The second-order valence-electron chi connectivity index (χ2n) is 23.7. The normalized spacial score (nSPS) is 14.4. The maximum Gasteiger partial charge on any atom is 0.0726 e. The molecule has 18 rings (SSSR count). The third-order valence-corrected chi connectivity index (χ3v) is 19.5. The Kier molecular flexibility index (Phi) is 10.7. The van der Waals surface area contributed by atoms with Gasteiger partial charge in [-0.1, -0.05) is 243 Å². The number of rotatable bonds is 8. The summed E-state index contributed by atoms with van der Waals surface area (Å²) in [6, 6.07) is 112. The lowest BCUT2D eigenvalue weighted by Crippen LogP contribution is -2.29. The molecule has 0 bridgehead atoms. The molecule has 0 amide bonds. The van der Waals surface area contributed by atoms with E-state index in [1.807, 2.05) is 0 Å². The first-order chi connectivity index (χ1) is 42.7. The van der Waals surface area contributed by atoms with Crippen molar-refractivity contribution in [2.45, 2.75) is 23.7 Å². The number of nitrogens with zero attached hydrogens (tertiary/aromatic N) is 2. The van der Waals surface area contributed by atoms with Gasteiger partial charge >= 0.3 is 0 Å². The molecule has 0 radical (unpaired) electrons. The lowest BCUT2D eigenvalue weighted by atomic mass is 9.66. The van der Waals surface area contributed by atoms with Crippen molar-refractivity contribution in [3.05, 3.63) is 360 Å². The monoisotopic (exact) mass is 1090 g/mol. The Bertz CT molecular complexity index is 5050. The number of para-hydroxylation sites is 1. The average Bonchev–Trinajstić information content (AvgIpc) is 1.56. The maximum absolute atomic E-state index is 2.53. The van der Waals surface area contributed by atoms with E-state index in [1.54, 1.807) is 0 Å². The minimum Gasteiger partial charge on any atom is -0.310 e. The van der Waals surface area contributed by atoms with Gasteiger partial charge in [0.2, 0.25) is 0 Å². The molecule has 4 aliphatic rings. The van der Waals surface area contributed by atoms with Gasteiger partial charge in [-0.2, -0.15) is 0 Å². The molecule has 0 atom stereocenters. The largest absolute Gasteiger partial charge is 0.310 e. The molecular formula is C84H56N2. The molecule has 0 saturated heterocycles. The molecule has 0 saturated carbocycles. The van der Waals surface area contributed by atoms with Crippen LogP contribution in [0.3, 0.4) is 0 Å². The third-order valence-electron chi connectivity index (χ3n) is 19.5. The number of hydrogen-bond donors (Lipinski definition) is 0. The smallest absolute Gasteiger partial charge is 0.0726 e. The van der Waals surface area contributed by atoms with Crippen LogP contribution >= 0.6 is 0 Å². The van der Waals surface area contributed by atoms with E-state index in [-0.39, 0.29) is 0 Å². The van der Waals surface area contributed by atoms with Crippen LogP contribution in [0.1, 0.15) is 51.8 Å². The Morgan fingerprint density at radius 2 is 0.779 bits per heavy atom. The first-order valence-corrected chi connectivity index (χ1v) is 30.3. The van der Waals surface area contributed by atoms with Gasteiger partial charge in [-0.3, -0.25) is 0 Å². The van der Waals surface area contributed by atoms with Crippen molar-refractivity contribution in [1.29, 1.82) is 0 Å². The Balaban J connectivity index is 0.804. The van der Waals surface area contributed by atoms with Crippen LogP contribution in [0.5, 0.6) is 0 Å². The van der Waals surface area contributed by atoms with Crippen molar-refractivity contribution >= 4 is 49.6 Å². The van der Waals surface area contributed by atoms with Crippen LogP contribution in [0.25, 0.3) is 93.9 Å². The first-order valence-electron chi connectivity index (χ1n) is 30.3. The van der Waals surface area contributed by atoms with E-state index < -0.39 is 10.8 Å². The summed E-state index contributed by atoms with van der Waals surface area (Å²) < 4.78 is 2.45. The van der Waals surface area contributed by atoms with Crippen molar-refractivity contribution in [3.63, 3.8) is 0 Å². The van der Waals surface area contributed by atoms with Gasteiger partial charge in [0, 0.05) is 33.5 Å². The first kappa shape index (κ1) is 48.7. The Morgan fingerprint density at radius 1 is 0.302 bits per heavy atom. The lowest BCUT2D eigenvalue weighted by Gasteiger charge is -2.35. The Labute approximate surface area is 501 Å². The zero-order chi connectivity index (χ0) is 56.5. The molecular weight excluding hydrogens is 1040 g/mol. The second-order valence-corrected chi connectivity index (χ2v) is 23.7. The van der Waals surface area contributed by atoms with E-state index in [0.29, 0.717) is 0 Å². The standard InChI is InChI=1S/C84H56N2/c1-3-22-59(23-4-1)83(75-33-14-9-27-67(75)68-28-10-15-34-76(68)83)60-43-51-82-74(53-60)73-52-58(42-50-81(73)86(82)61-24-5-2-6-25-61)55-38-44-62(45-39-55)85(63-46-40-57(41-47-63)66-32-19-21-56-20-7-8-26-65(56)66)64-48-49-72-71-31-13-18-37-79(71)84(80(72)54-64)77-35-16-11-29-69(77)70-30-12-17-36-78(70)84/h2-3,5-54H,1,4H2. The second kappa shape index (κ2) is 18.9. The van der Waals surface area contributed by atoms with Gasteiger partial charge in [-0.15, -0.1) is 0 Å². The predicted molar refractivity (Wildman–Crippen MR) is 358 cm³/mol. The number of fused-ring (bicyclic) bond motifs is 17. The van der Waals surface area contributed by atoms with Crippen molar-refractivity contribution in [1.82, 2.24) is 4.57 Å². The lowest BCUT2D eigenvalue weighted by molar-refractivity contribution is 0.753. The Morgan fingerprint density at radius 3 is 1.38 bits per heavy atom. The van der Waals surface area contributed by atoms with Crippen LogP contribution in [0.2, 0.25) is 0 Å². The number of aromatic nitrogens is 1. The van der Waals surface area contributed by atoms with E-state index in [4.69, 9.17) is 0 Å². The summed E-state index contributed by atoms with van der Waals surface area (Å²) in [6.45, 7) is 0. The summed E-state index contributed by atoms with van der Waals surface area (Å²) in [5.74, 6) is 0. The molecule has 0 unspecified atom stereocenters. The summed E-state index contributed by atoms with van der Waals surface area (Å²) in [7, 11) is 0. The molecule has 0 N–H and O–H groups in total. The SMILES string of the molecule is C1=CC(C2(c3ccc4c(c3)c3cc(-c5ccc(N(c6ccc(-c7cccc8ccccc78)cc6)c6ccc7c(c6)C6(c8ccccc8-c8ccccc86)c6ccccc6-7)cc5)ccc3n4-c3ccccc3)c3ccccc3-c3ccccc32)=CCC1. The topological polar surface area (TPSA) is 8.17 Å². The van der Waals surface area contributed by atoms with E-state index in [9.17, 15) is 0 Å². The molecule has 1 aromatic heterocycles. The number of anilines is 3. The molecule has 14 aromatic rings. The minimum atomic E-state index is -0.469. The number of benzene rings is 13. The zero-order valence-electron chi connectivity index (χ0n) is 47.3. The molecule has 1 heterocycles. The Hall–Kier alpha value is -10.8. The molecule has 2 heteroatoms. The van der Waals surface area contributed by atoms with Gasteiger partial charge in [0.05, 0.1) is 21.9 Å². The van der Waals surface area contributed by atoms with E-state index in [2.05, 4.69) is 325 Å². The van der Waals surface area contributed by atoms with Gasteiger partial charge in [-0.05, 0) is 197 Å². The molecule has 1 spiro atoms. The summed E-state index contributed by atoms with van der Waals surface area (Å²) in [4.78, 5) is 2.46. The van der Waals surface area contributed by atoms with Crippen LogP contribution in [0.15, 0.2) is 321 Å². The number of allylic oxidation sites excluding steroid dienone is 4. The van der Waals surface area contributed by atoms with Crippen LogP contribution in [-0.4, -0.2) is 4.57 Å². The van der Waals surface area contributed by atoms with Crippen molar-refractivity contribution in [2.24, 2.45) is 0 Å². The summed E-state index contributed by atoms with van der Waals surface area (Å²) in [5, 5.41) is 4.96. The molecule has 4 aliphatic carbocycles. The third kappa shape index (κ3) is 6.84. The van der Waals surface area contributed by atoms with Crippen molar-refractivity contribution in [2.75, 3.05) is 4.90 Å². The van der Waals surface area contributed by atoms with Gasteiger partial charge in [0.1, 0.15) is 0 Å². The summed E-state index contributed by atoms with van der Waals surface area (Å²) in [6.07, 6.45) is 9.35.